The minimum atomic E-state index is 0.116. The zero-order valence-electron chi connectivity index (χ0n) is 13.3. The van der Waals surface area contributed by atoms with Gasteiger partial charge < -0.3 is 4.90 Å². The molecule has 0 radical (unpaired) electrons. The van der Waals surface area contributed by atoms with E-state index in [2.05, 4.69) is 12.0 Å². The average molecular weight is 297 g/mol. The van der Waals surface area contributed by atoms with Gasteiger partial charge in [-0.2, -0.15) is 5.10 Å². The lowest BCUT2D eigenvalue weighted by molar-refractivity contribution is 0.0629. The Balaban J connectivity index is 1.74. The van der Waals surface area contributed by atoms with E-state index in [0.29, 0.717) is 12.0 Å². The molecule has 2 aromatic rings. The Bertz CT molecular complexity index is 618. The summed E-state index contributed by atoms with van der Waals surface area (Å²) in [5, 5.41) is 4.20. The molecule has 1 aliphatic carbocycles. The number of hydrogen-bond donors (Lipinski definition) is 0. The highest BCUT2D eigenvalue weighted by molar-refractivity contribution is 5.94. The fourth-order valence-corrected chi connectivity index (χ4v) is 3.40. The van der Waals surface area contributed by atoms with Gasteiger partial charge in [0.15, 0.2) is 0 Å². The summed E-state index contributed by atoms with van der Waals surface area (Å²) in [5.41, 5.74) is 1.71. The zero-order valence-corrected chi connectivity index (χ0v) is 13.3. The summed E-state index contributed by atoms with van der Waals surface area (Å²) in [6.45, 7) is 2.26. The SMILES string of the molecule is CC1CCCCC1N(C)C(=O)c1ccc(-n2cccn2)cc1. The van der Waals surface area contributed by atoms with Gasteiger partial charge in [-0.25, -0.2) is 4.68 Å². The van der Waals surface area contributed by atoms with Crippen LogP contribution in [-0.2, 0) is 0 Å². The van der Waals surface area contributed by atoms with E-state index in [0.717, 1.165) is 17.7 Å². The summed E-state index contributed by atoms with van der Waals surface area (Å²) >= 11 is 0. The van der Waals surface area contributed by atoms with Crippen LogP contribution in [0.3, 0.4) is 0 Å². The van der Waals surface area contributed by atoms with Gasteiger partial charge in [0.25, 0.3) is 5.91 Å². The maximum absolute atomic E-state index is 12.7. The fraction of sp³-hybridized carbons (Fsp3) is 0.444. The third-order valence-corrected chi connectivity index (χ3v) is 4.77. The first-order chi connectivity index (χ1) is 10.7. The number of amides is 1. The van der Waals surface area contributed by atoms with E-state index >= 15 is 0 Å². The summed E-state index contributed by atoms with van der Waals surface area (Å²) in [5.74, 6) is 0.705. The van der Waals surface area contributed by atoms with E-state index in [1.54, 1.807) is 10.9 Å². The summed E-state index contributed by atoms with van der Waals surface area (Å²) in [6.07, 6.45) is 8.50. The van der Waals surface area contributed by atoms with Gasteiger partial charge in [-0.1, -0.05) is 19.8 Å². The molecule has 0 N–H and O–H groups in total. The molecule has 0 aliphatic heterocycles. The Hall–Kier alpha value is -2.10. The Labute approximate surface area is 131 Å². The predicted octanol–water partition coefficient (Wildman–Crippen LogP) is 3.52. The van der Waals surface area contributed by atoms with Crippen LogP contribution in [0.4, 0.5) is 0 Å². The van der Waals surface area contributed by atoms with E-state index in [4.69, 9.17) is 0 Å². The molecule has 1 aliphatic rings. The van der Waals surface area contributed by atoms with Crippen LogP contribution in [0.15, 0.2) is 42.7 Å². The van der Waals surface area contributed by atoms with Crippen molar-refractivity contribution < 1.29 is 4.79 Å². The molecule has 1 aromatic heterocycles. The largest absolute Gasteiger partial charge is 0.338 e. The third-order valence-electron chi connectivity index (χ3n) is 4.77. The van der Waals surface area contributed by atoms with E-state index in [9.17, 15) is 4.79 Å². The molecule has 1 heterocycles. The predicted molar refractivity (Wildman–Crippen MR) is 87.1 cm³/mol. The standard InChI is InChI=1S/C18H23N3O/c1-14-6-3-4-7-17(14)20(2)18(22)15-8-10-16(11-9-15)21-13-5-12-19-21/h5,8-14,17H,3-4,6-7H2,1-2H3. The molecule has 22 heavy (non-hydrogen) atoms. The van der Waals surface area contributed by atoms with Crippen LogP contribution in [0.25, 0.3) is 5.69 Å². The molecule has 0 saturated heterocycles. The first-order valence-corrected chi connectivity index (χ1v) is 8.04. The highest BCUT2D eigenvalue weighted by Gasteiger charge is 2.28. The van der Waals surface area contributed by atoms with Crippen LogP contribution in [0.2, 0.25) is 0 Å². The second-order valence-electron chi connectivity index (χ2n) is 6.24. The zero-order chi connectivity index (χ0) is 15.5. The molecule has 1 amide bonds. The van der Waals surface area contributed by atoms with Crippen molar-refractivity contribution in [1.29, 1.82) is 0 Å². The highest BCUT2D eigenvalue weighted by Crippen LogP contribution is 2.28. The van der Waals surface area contributed by atoms with Crippen molar-refractivity contribution >= 4 is 5.91 Å². The lowest BCUT2D eigenvalue weighted by Crippen LogP contribution is -2.42. The Morgan fingerprint density at radius 1 is 1.23 bits per heavy atom. The molecule has 2 unspecified atom stereocenters. The molecule has 4 heteroatoms. The van der Waals surface area contributed by atoms with Crippen LogP contribution in [-0.4, -0.2) is 33.7 Å². The van der Waals surface area contributed by atoms with Gasteiger partial charge in [-0.15, -0.1) is 0 Å². The van der Waals surface area contributed by atoms with Crippen molar-refractivity contribution in [3.05, 3.63) is 48.3 Å². The van der Waals surface area contributed by atoms with Crippen molar-refractivity contribution in [2.24, 2.45) is 5.92 Å². The molecular formula is C18H23N3O. The minimum Gasteiger partial charge on any atom is -0.338 e. The van der Waals surface area contributed by atoms with Crippen molar-refractivity contribution in [2.45, 2.75) is 38.6 Å². The third kappa shape index (κ3) is 2.91. The van der Waals surface area contributed by atoms with Crippen molar-refractivity contribution in [1.82, 2.24) is 14.7 Å². The number of benzene rings is 1. The van der Waals surface area contributed by atoms with Gasteiger partial charge in [0.05, 0.1) is 5.69 Å². The van der Waals surface area contributed by atoms with Gasteiger partial charge in [0, 0.05) is 31.0 Å². The number of nitrogens with zero attached hydrogens (tertiary/aromatic N) is 3. The Morgan fingerprint density at radius 2 is 1.95 bits per heavy atom. The van der Waals surface area contributed by atoms with Crippen LogP contribution in [0.5, 0.6) is 0 Å². The van der Waals surface area contributed by atoms with E-state index in [-0.39, 0.29) is 5.91 Å². The summed E-state index contributed by atoms with van der Waals surface area (Å²) in [7, 11) is 1.94. The van der Waals surface area contributed by atoms with E-state index in [1.165, 1.54) is 19.3 Å². The average Bonchev–Trinajstić information content (AvgIpc) is 3.09. The highest BCUT2D eigenvalue weighted by atomic mass is 16.2. The van der Waals surface area contributed by atoms with Crippen molar-refractivity contribution in [3.8, 4) is 5.69 Å². The molecule has 4 nitrogen and oxygen atoms in total. The summed E-state index contributed by atoms with van der Waals surface area (Å²) in [6, 6.07) is 9.92. The molecule has 1 fully saturated rings. The first kappa shape index (κ1) is 14.8. The normalized spacial score (nSPS) is 21.5. The van der Waals surface area contributed by atoms with Gasteiger partial charge in [-0.3, -0.25) is 4.79 Å². The molecule has 0 spiro atoms. The van der Waals surface area contributed by atoms with Gasteiger partial charge in [0.2, 0.25) is 0 Å². The number of carbonyl (C=O) groups is 1. The van der Waals surface area contributed by atoms with E-state index in [1.807, 2.05) is 48.5 Å². The molecule has 0 bridgehead atoms. The van der Waals surface area contributed by atoms with Crippen molar-refractivity contribution in [3.63, 3.8) is 0 Å². The monoisotopic (exact) mass is 297 g/mol. The quantitative estimate of drug-likeness (QED) is 0.869. The molecular weight excluding hydrogens is 274 g/mol. The Morgan fingerprint density at radius 3 is 2.59 bits per heavy atom. The van der Waals surface area contributed by atoms with Crippen LogP contribution in [0, 0.1) is 5.92 Å². The lowest BCUT2D eigenvalue weighted by atomic mass is 9.85. The van der Waals surface area contributed by atoms with Crippen LogP contribution < -0.4 is 0 Å². The number of aromatic nitrogens is 2. The lowest BCUT2D eigenvalue weighted by Gasteiger charge is -2.36. The summed E-state index contributed by atoms with van der Waals surface area (Å²) < 4.78 is 1.79. The van der Waals surface area contributed by atoms with Gasteiger partial charge in [0.1, 0.15) is 0 Å². The van der Waals surface area contributed by atoms with Gasteiger partial charge >= 0.3 is 0 Å². The molecule has 116 valence electrons. The molecule has 3 rings (SSSR count). The number of rotatable bonds is 3. The Kier molecular flexibility index (Phi) is 4.27. The second kappa shape index (κ2) is 6.34. The second-order valence-corrected chi connectivity index (χ2v) is 6.24. The fourth-order valence-electron chi connectivity index (χ4n) is 3.40. The molecule has 1 saturated carbocycles. The first-order valence-electron chi connectivity index (χ1n) is 8.04. The number of hydrogen-bond acceptors (Lipinski definition) is 2. The molecule has 1 aromatic carbocycles. The number of carbonyl (C=O) groups excluding carboxylic acids is 1. The molecule has 2 atom stereocenters. The smallest absolute Gasteiger partial charge is 0.253 e. The topological polar surface area (TPSA) is 38.1 Å². The van der Waals surface area contributed by atoms with Gasteiger partial charge in [-0.05, 0) is 49.1 Å². The van der Waals surface area contributed by atoms with E-state index < -0.39 is 0 Å². The minimum absolute atomic E-state index is 0.116. The summed E-state index contributed by atoms with van der Waals surface area (Å²) in [4.78, 5) is 14.6. The maximum Gasteiger partial charge on any atom is 0.253 e. The van der Waals surface area contributed by atoms with Crippen LogP contribution in [0.1, 0.15) is 43.0 Å². The van der Waals surface area contributed by atoms with Crippen LogP contribution >= 0.6 is 0 Å². The maximum atomic E-state index is 12.7. The van der Waals surface area contributed by atoms with Crippen molar-refractivity contribution in [2.75, 3.05) is 7.05 Å².